The summed E-state index contributed by atoms with van der Waals surface area (Å²) in [5.41, 5.74) is 7.50. The van der Waals surface area contributed by atoms with Crippen LogP contribution in [0.2, 0.25) is 5.02 Å². The van der Waals surface area contributed by atoms with Gasteiger partial charge >= 0.3 is 0 Å². The van der Waals surface area contributed by atoms with Crippen molar-refractivity contribution in [1.29, 1.82) is 0 Å². The lowest BCUT2D eigenvalue weighted by Crippen LogP contribution is -2.06. The molecule has 116 valence electrons. The Labute approximate surface area is 134 Å². The summed E-state index contributed by atoms with van der Waals surface area (Å²) in [6.07, 6.45) is 0.750. The molecule has 1 aromatic heterocycles. The Balaban J connectivity index is 0.000000489. The monoisotopic (exact) mass is 328 g/mol. The van der Waals surface area contributed by atoms with Gasteiger partial charge in [-0.15, -0.1) is 10.2 Å². The first-order chi connectivity index (χ1) is 9.93. The van der Waals surface area contributed by atoms with Crippen LogP contribution in [0.25, 0.3) is 10.6 Å². The third-order valence-corrected chi connectivity index (χ3v) is 3.28. The molecular weight excluding hydrogens is 308 g/mol. The second-order valence-corrected chi connectivity index (χ2v) is 5.39. The summed E-state index contributed by atoms with van der Waals surface area (Å²) in [6, 6.07) is 5.78. The zero-order valence-corrected chi connectivity index (χ0v) is 14.5. The molecule has 0 fully saturated rings. The molecule has 0 unspecified atom stereocenters. The number of nitrogens with zero attached hydrogens (tertiary/aromatic N) is 3. The van der Waals surface area contributed by atoms with Crippen LogP contribution in [-0.2, 0) is 4.79 Å². The van der Waals surface area contributed by atoms with Crippen molar-refractivity contribution in [3.63, 3.8) is 0 Å². The third-order valence-electron chi connectivity index (χ3n) is 2.07. The van der Waals surface area contributed by atoms with Crippen molar-refractivity contribution >= 4 is 34.5 Å². The van der Waals surface area contributed by atoms with E-state index in [2.05, 4.69) is 10.2 Å². The van der Waals surface area contributed by atoms with Crippen molar-refractivity contribution in [2.24, 2.45) is 0 Å². The highest BCUT2D eigenvalue weighted by Gasteiger charge is 2.05. The fourth-order valence-corrected chi connectivity index (χ4v) is 1.86. The Hall–Kier alpha value is -1.66. The average molecular weight is 329 g/mol. The number of amides is 1. The molecule has 0 spiro atoms. The third kappa shape index (κ3) is 7.06. The van der Waals surface area contributed by atoms with Crippen LogP contribution in [-0.4, -0.2) is 35.6 Å². The van der Waals surface area contributed by atoms with Crippen LogP contribution >= 0.6 is 22.9 Å². The lowest BCUT2D eigenvalue weighted by molar-refractivity contribution is -0.115. The molecule has 0 aliphatic rings. The van der Waals surface area contributed by atoms with Crippen molar-refractivity contribution in [3.05, 3.63) is 28.8 Å². The fraction of sp³-hybridized carbons (Fsp3) is 0.357. The second-order valence-electron chi connectivity index (χ2n) is 3.98. The first-order valence-electron chi connectivity index (χ1n) is 6.41. The predicted molar refractivity (Wildman–Crippen MR) is 90.6 cm³/mol. The Morgan fingerprint density at radius 1 is 1.29 bits per heavy atom. The van der Waals surface area contributed by atoms with E-state index >= 15 is 0 Å². The minimum atomic E-state index is 0.469. The van der Waals surface area contributed by atoms with Crippen LogP contribution in [0.5, 0.6) is 0 Å². The van der Waals surface area contributed by atoms with Crippen molar-refractivity contribution in [2.45, 2.75) is 20.8 Å². The lowest BCUT2D eigenvalue weighted by Gasteiger charge is -1.99. The largest absolute Gasteiger partial charge is 0.374 e. The molecule has 2 N–H and O–H groups in total. The van der Waals surface area contributed by atoms with E-state index in [9.17, 15) is 4.79 Å². The number of rotatable bonds is 2. The zero-order valence-electron chi connectivity index (χ0n) is 12.9. The number of nitrogen functional groups attached to an aromatic ring is 1. The number of anilines is 1. The van der Waals surface area contributed by atoms with Gasteiger partial charge in [-0.25, -0.2) is 0 Å². The van der Waals surface area contributed by atoms with E-state index < -0.39 is 0 Å². The van der Waals surface area contributed by atoms with Crippen LogP contribution < -0.4 is 5.73 Å². The molecule has 0 saturated heterocycles. The Bertz CT molecular complexity index is 558. The molecule has 0 atom stereocenters. The summed E-state index contributed by atoms with van der Waals surface area (Å²) >= 11 is 7.35. The van der Waals surface area contributed by atoms with Gasteiger partial charge in [-0.3, -0.25) is 4.79 Å². The van der Waals surface area contributed by atoms with Gasteiger partial charge in [0.25, 0.3) is 0 Å². The van der Waals surface area contributed by atoms with Crippen LogP contribution in [0.3, 0.4) is 0 Å². The van der Waals surface area contributed by atoms with Gasteiger partial charge in [-0.05, 0) is 18.6 Å². The van der Waals surface area contributed by atoms with Crippen molar-refractivity contribution in [2.75, 3.05) is 19.8 Å². The molecule has 0 aliphatic heterocycles. The molecular formula is C14H21ClN4OS. The van der Waals surface area contributed by atoms with Gasteiger partial charge < -0.3 is 10.6 Å². The maximum Gasteiger partial charge on any atom is 0.209 e. The Morgan fingerprint density at radius 2 is 1.86 bits per heavy atom. The molecule has 21 heavy (non-hydrogen) atoms. The molecule has 7 heteroatoms. The van der Waals surface area contributed by atoms with E-state index in [1.807, 2.05) is 39.0 Å². The van der Waals surface area contributed by atoms with Gasteiger partial charge in [0.05, 0.1) is 0 Å². The second kappa shape index (κ2) is 10.1. The summed E-state index contributed by atoms with van der Waals surface area (Å²) in [5, 5.41) is 9.69. The number of carbonyl (C=O) groups is 1. The van der Waals surface area contributed by atoms with Crippen molar-refractivity contribution in [3.8, 4) is 10.6 Å². The van der Waals surface area contributed by atoms with E-state index in [0.717, 1.165) is 27.6 Å². The van der Waals surface area contributed by atoms with Crippen LogP contribution in [0.4, 0.5) is 5.13 Å². The summed E-state index contributed by atoms with van der Waals surface area (Å²) in [4.78, 5) is 10.9. The normalized spacial score (nSPS) is 8.86. The highest BCUT2D eigenvalue weighted by molar-refractivity contribution is 7.18. The number of carbonyl (C=O) groups excluding carboxylic acids is 1. The first-order valence-corrected chi connectivity index (χ1v) is 7.60. The number of halogens is 1. The van der Waals surface area contributed by atoms with E-state index in [1.54, 1.807) is 14.1 Å². The summed E-state index contributed by atoms with van der Waals surface area (Å²) in [7, 11) is 3.38. The minimum Gasteiger partial charge on any atom is -0.374 e. The molecule has 1 amide bonds. The van der Waals surface area contributed by atoms with Gasteiger partial charge in [0, 0.05) is 24.7 Å². The molecule has 1 heterocycles. The topological polar surface area (TPSA) is 72.1 Å². The number of hydrogen-bond donors (Lipinski definition) is 1. The number of aromatic nitrogens is 2. The zero-order chi connectivity index (χ0) is 16.4. The molecule has 0 bridgehead atoms. The van der Waals surface area contributed by atoms with Gasteiger partial charge in [0.15, 0.2) is 0 Å². The summed E-state index contributed by atoms with van der Waals surface area (Å²) in [6.45, 7) is 5.96. The maximum absolute atomic E-state index is 9.43. The van der Waals surface area contributed by atoms with Crippen LogP contribution in [0.15, 0.2) is 18.2 Å². The highest BCUT2D eigenvalue weighted by atomic mass is 35.5. The van der Waals surface area contributed by atoms with Gasteiger partial charge in [-0.1, -0.05) is 48.9 Å². The van der Waals surface area contributed by atoms with E-state index in [-0.39, 0.29) is 0 Å². The van der Waals surface area contributed by atoms with Crippen molar-refractivity contribution < 1.29 is 4.79 Å². The van der Waals surface area contributed by atoms with E-state index in [4.69, 9.17) is 17.3 Å². The molecule has 1 aromatic carbocycles. The van der Waals surface area contributed by atoms with Gasteiger partial charge in [0.2, 0.25) is 11.5 Å². The molecule has 0 radical (unpaired) electrons. The smallest absolute Gasteiger partial charge is 0.209 e. The highest BCUT2D eigenvalue weighted by Crippen LogP contribution is 2.28. The average Bonchev–Trinajstić information content (AvgIpc) is 2.91. The quantitative estimate of drug-likeness (QED) is 0.857. The number of nitrogens with two attached hydrogens (primary N) is 1. The SMILES string of the molecule is CC.CN(C)C=O.Cc1ccc(-c2nnc(N)s2)cc1Cl. The minimum absolute atomic E-state index is 0.469. The first kappa shape index (κ1) is 19.3. The lowest BCUT2D eigenvalue weighted by atomic mass is 10.2. The van der Waals surface area contributed by atoms with Gasteiger partial charge in [0.1, 0.15) is 5.01 Å². The maximum atomic E-state index is 9.43. The molecule has 5 nitrogen and oxygen atoms in total. The van der Waals surface area contributed by atoms with Crippen LogP contribution in [0, 0.1) is 6.92 Å². The Morgan fingerprint density at radius 3 is 2.24 bits per heavy atom. The van der Waals surface area contributed by atoms with E-state index in [1.165, 1.54) is 16.2 Å². The molecule has 2 rings (SSSR count). The Kier molecular flexibility index (Phi) is 9.32. The van der Waals surface area contributed by atoms with E-state index in [0.29, 0.717) is 5.13 Å². The predicted octanol–water partition coefficient (Wildman–Crippen LogP) is 3.48. The molecule has 0 aliphatic carbocycles. The number of hydrogen-bond acceptors (Lipinski definition) is 5. The van der Waals surface area contributed by atoms with Gasteiger partial charge in [-0.2, -0.15) is 0 Å². The number of aryl methyl sites for hydroxylation is 1. The van der Waals surface area contributed by atoms with Crippen LogP contribution in [0.1, 0.15) is 19.4 Å². The number of benzene rings is 1. The van der Waals surface area contributed by atoms with Crippen molar-refractivity contribution in [1.82, 2.24) is 15.1 Å². The standard InChI is InChI=1S/C9H8ClN3S.C3H7NO.C2H6/c1-5-2-3-6(4-7(5)10)8-12-13-9(11)14-8;1-4(2)3-5;1-2/h2-4H,1H3,(H2,11,13);3H,1-2H3;1-2H3. The molecule has 2 aromatic rings. The molecule has 0 saturated carbocycles. The summed E-state index contributed by atoms with van der Waals surface area (Å²) < 4.78 is 0. The fourth-order valence-electron chi connectivity index (χ4n) is 1.08. The summed E-state index contributed by atoms with van der Waals surface area (Å²) in [5.74, 6) is 0.